The lowest BCUT2D eigenvalue weighted by Crippen LogP contribution is -2.50. The fourth-order valence-corrected chi connectivity index (χ4v) is 4.34. The molecular weight excluding hydrogens is 434 g/mol. The highest BCUT2D eigenvalue weighted by molar-refractivity contribution is 7.80. The number of amides is 2. The number of hydrogen-bond acceptors (Lipinski definition) is 4. The van der Waals surface area contributed by atoms with Crippen LogP contribution in [0.25, 0.3) is 6.58 Å². The normalized spacial score (nSPS) is 18.0. The number of rotatable bonds is 6. The highest BCUT2D eigenvalue weighted by Gasteiger charge is 2.32. The van der Waals surface area contributed by atoms with Crippen molar-refractivity contribution >= 4 is 41.4 Å². The van der Waals surface area contributed by atoms with Crippen LogP contribution in [-0.4, -0.2) is 60.4 Å². The summed E-state index contributed by atoms with van der Waals surface area (Å²) in [5.74, 6) is 0.0152. The second kappa shape index (κ2) is 10.0. The number of aliphatic imine (C=N–C) groups is 1. The van der Waals surface area contributed by atoms with Gasteiger partial charge in [-0.3, -0.25) is 4.79 Å². The molecule has 33 heavy (non-hydrogen) atoms. The zero-order valence-corrected chi connectivity index (χ0v) is 19.5. The predicted molar refractivity (Wildman–Crippen MR) is 133 cm³/mol. The second-order valence-electron chi connectivity index (χ2n) is 8.23. The Balaban J connectivity index is 1.53. The Morgan fingerprint density at radius 3 is 2.76 bits per heavy atom. The summed E-state index contributed by atoms with van der Waals surface area (Å²) in [5, 5.41) is 8.19. The number of nitrogens with one attached hydrogen (secondary N) is 2. The SMILES string of the molecule is C=c1ccc2c(c1)C(c1ccccc1)=NC(NC(=S)NCCCN1CCCC1=O)C(=O)[N+]=2C. The summed E-state index contributed by atoms with van der Waals surface area (Å²) in [6.07, 6.45) is 1.49. The molecule has 2 aromatic carbocycles. The van der Waals surface area contributed by atoms with Crippen LogP contribution in [-0.2, 0) is 9.59 Å². The zero-order chi connectivity index (χ0) is 23.4. The molecule has 0 aromatic heterocycles. The molecule has 2 aromatic rings. The van der Waals surface area contributed by atoms with E-state index in [0.717, 1.165) is 41.1 Å². The maximum atomic E-state index is 13.3. The number of hydrogen-bond donors (Lipinski definition) is 2. The van der Waals surface area contributed by atoms with Crippen molar-refractivity contribution in [3.05, 3.63) is 70.2 Å². The molecule has 0 bridgehead atoms. The third-order valence-corrected chi connectivity index (χ3v) is 6.14. The van der Waals surface area contributed by atoms with Crippen LogP contribution in [0.4, 0.5) is 0 Å². The van der Waals surface area contributed by atoms with Crippen LogP contribution in [0.1, 0.15) is 30.4 Å². The number of thiocarbonyl (C=S) groups is 1. The lowest BCUT2D eigenvalue weighted by atomic mass is 10.0. The predicted octanol–water partition coefficient (Wildman–Crippen LogP) is 0.398. The lowest BCUT2D eigenvalue weighted by molar-refractivity contribution is -0.127. The van der Waals surface area contributed by atoms with Gasteiger partial charge in [-0.25, -0.2) is 9.79 Å². The molecule has 4 rings (SSSR count). The summed E-state index contributed by atoms with van der Waals surface area (Å²) in [6, 6.07) is 15.5. The van der Waals surface area contributed by atoms with Crippen molar-refractivity contribution in [1.29, 1.82) is 0 Å². The van der Waals surface area contributed by atoms with Crippen molar-refractivity contribution in [2.75, 3.05) is 26.7 Å². The molecule has 170 valence electrons. The number of benzene rings is 2. The van der Waals surface area contributed by atoms with Crippen LogP contribution in [0, 0.1) is 0 Å². The fraction of sp³-hybridized carbons (Fsp3) is 0.320. The standard InChI is InChI=1S/C25H27N5O2S/c1-17-11-12-20-19(16-17)22(18-8-4-3-5-9-18)27-23(24(32)29(20)2)28-25(33)26-13-7-15-30-14-6-10-21(30)31/h3-5,8-9,11-12,16,23H,1,6-7,10,13-15H2,2H3,(H-,26,28,33)/p+1. The van der Waals surface area contributed by atoms with Gasteiger partial charge in [0, 0.05) is 37.7 Å². The number of fused-ring (bicyclic) bond motifs is 1. The first-order valence-corrected chi connectivity index (χ1v) is 11.5. The molecule has 1 fully saturated rings. The van der Waals surface area contributed by atoms with E-state index in [9.17, 15) is 9.59 Å². The first kappa shape index (κ1) is 22.8. The van der Waals surface area contributed by atoms with E-state index in [1.807, 2.05) is 53.4 Å². The highest BCUT2D eigenvalue weighted by Crippen LogP contribution is 2.11. The van der Waals surface area contributed by atoms with Crippen LogP contribution >= 0.6 is 12.2 Å². The molecule has 2 aliphatic heterocycles. The van der Waals surface area contributed by atoms with E-state index in [1.165, 1.54) is 0 Å². The maximum Gasteiger partial charge on any atom is 0.432 e. The Bertz CT molecular complexity index is 1230. The Morgan fingerprint density at radius 1 is 1.24 bits per heavy atom. The fourth-order valence-electron chi connectivity index (χ4n) is 4.13. The van der Waals surface area contributed by atoms with Gasteiger partial charge >= 0.3 is 5.91 Å². The van der Waals surface area contributed by atoms with Gasteiger partial charge in [0.1, 0.15) is 7.05 Å². The molecular formula is C25H28N5O2S+. The van der Waals surface area contributed by atoms with E-state index in [4.69, 9.17) is 17.2 Å². The van der Waals surface area contributed by atoms with E-state index >= 15 is 0 Å². The van der Waals surface area contributed by atoms with Crippen molar-refractivity contribution in [2.24, 2.45) is 4.99 Å². The van der Waals surface area contributed by atoms with Gasteiger partial charge in [-0.15, -0.1) is 0 Å². The summed E-state index contributed by atoms with van der Waals surface area (Å²) in [5.41, 5.74) is 2.47. The summed E-state index contributed by atoms with van der Waals surface area (Å²) < 4.78 is 1.60. The van der Waals surface area contributed by atoms with Crippen molar-refractivity contribution in [3.63, 3.8) is 0 Å². The summed E-state index contributed by atoms with van der Waals surface area (Å²) >= 11 is 5.45. The number of carbonyl (C=O) groups excluding carboxylic acids is 2. The molecule has 1 atom stereocenters. The molecule has 2 heterocycles. The van der Waals surface area contributed by atoms with Gasteiger partial charge in [0.05, 0.1) is 11.3 Å². The largest absolute Gasteiger partial charge is 0.432 e. The minimum absolute atomic E-state index is 0.203. The van der Waals surface area contributed by atoms with Crippen molar-refractivity contribution in [2.45, 2.75) is 25.4 Å². The van der Waals surface area contributed by atoms with E-state index in [-0.39, 0.29) is 11.8 Å². The number of carbonyl (C=O) groups is 2. The van der Waals surface area contributed by atoms with Gasteiger partial charge in [-0.1, -0.05) is 36.9 Å². The van der Waals surface area contributed by atoms with Gasteiger partial charge < -0.3 is 15.5 Å². The van der Waals surface area contributed by atoms with Gasteiger partial charge in [0.15, 0.2) is 5.11 Å². The molecule has 2 amide bonds. The maximum absolute atomic E-state index is 13.3. The Labute approximate surface area is 198 Å². The van der Waals surface area contributed by atoms with E-state index in [0.29, 0.717) is 30.3 Å². The smallest absolute Gasteiger partial charge is 0.363 e. The number of nitrogens with zero attached hydrogens (tertiary/aromatic N) is 3. The monoisotopic (exact) mass is 462 g/mol. The molecule has 0 saturated carbocycles. The zero-order valence-electron chi connectivity index (χ0n) is 18.7. The topological polar surface area (TPSA) is 76.8 Å². The number of likely N-dealkylation sites (N-methyl/N-ethyl adjacent to an activating group) is 1. The molecule has 2 aliphatic rings. The van der Waals surface area contributed by atoms with Crippen molar-refractivity contribution in [1.82, 2.24) is 20.1 Å². The molecule has 1 unspecified atom stereocenters. The van der Waals surface area contributed by atoms with Crippen LogP contribution < -0.4 is 25.8 Å². The minimum atomic E-state index is -0.869. The average molecular weight is 463 g/mol. The van der Waals surface area contributed by atoms with E-state index in [2.05, 4.69) is 17.2 Å². The Hall–Kier alpha value is -3.39. The van der Waals surface area contributed by atoms with Crippen LogP contribution in [0.5, 0.6) is 0 Å². The van der Waals surface area contributed by atoms with Gasteiger partial charge in [-0.05, 0) is 42.4 Å². The average Bonchev–Trinajstić information content (AvgIpc) is 3.19. The summed E-state index contributed by atoms with van der Waals surface area (Å²) in [6.45, 7) is 6.19. The van der Waals surface area contributed by atoms with Gasteiger partial charge in [0.2, 0.25) is 17.4 Å². The molecule has 2 N–H and O–H groups in total. The third kappa shape index (κ3) is 5.17. The molecule has 1 saturated heterocycles. The van der Waals surface area contributed by atoms with Crippen LogP contribution in [0.15, 0.2) is 53.5 Å². The minimum Gasteiger partial charge on any atom is -0.363 e. The number of likely N-dealkylation sites (tertiary alicyclic amines) is 1. The van der Waals surface area contributed by atoms with Crippen molar-refractivity contribution in [3.8, 4) is 0 Å². The summed E-state index contributed by atoms with van der Waals surface area (Å²) in [4.78, 5) is 31.7. The van der Waals surface area contributed by atoms with E-state index < -0.39 is 6.17 Å². The first-order valence-electron chi connectivity index (χ1n) is 11.1. The molecule has 8 heteroatoms. The molecule has 0 spiro atoms. The van der Waals surface area contributed by atoms with Crippen LogP contribution in [0.2, 0.25) is 0 Å². The first-order chi connectivity index (χ1) is 15.9. The summed E-state index contributed by atoms with van der Waals surface area (Å²) in [7, 11) is 1.74. The third-order valence-electron chi connectivity index (χ3n) is 5.88. The Morgan fingerprint density at radius 2 is 2.03 bits per heavy atom. The van der Waals surface area contributed by atoms with Gasteiger partial charge in [0.25, 0.3) is 0 Å². The van der Waals surface area contributed by atoms with E-state index in [1.54, 1.807) is 11.6 Å². The Kier molecular flexibility index (Phi) is 6.93. The van der Waals surface area contributed by atoms with Crippen molar-refractivity contribution < 1.29 is 9.59 Å². The lowest BCUT2D eigenvalue weighted by Gasteiger charge is -2.17. The molecule has 0 aliphatic carbocycles. The van der Waals surface area contributed by atoms with Gasteiger partial charge in [-0.2, -0.15) is 4.58 Å². The quantitative estimate of drug-likeness (QED) is 0.369. The molecule has 7 nitrogen and oxygen atoms in total. The highest BCUT2D eigenvalue weighted by atomic mass is 32.1. The molecule has 0 radical (unpaired) electrons. The second-order valence-corrected chi connectivity index (χ2v) is 8.64. The van der Waals surface area contributed by atoms with Crippen LogP contribution in [0.3, 0.4) is 0 Å².